The van der Waals surface area contributed by atoms with Gasteiger partial charge in [0.15, 0.2) is 5.69 Å². The molecule has 0 N–H and O–H groups in total. The van der Waals surface area contributed by atoms with E-state index in [1.807, 2.05) is 0 Å². The normalized spacial score (nSPS) is 12.1. The van der Waals surface area contributed by atoms with E-state index in [0.717, 1.165) is 17.9 Å². The molecule has 0 spiro atoms. The Bertz CT molecular complexity index is 893. The van der Waals surface area contributed by atoms with Gasteiger partial charge in [0.05, 0.1) is 18.8 Å². The minimum atomic E-state index is 0.987. The first-order valence-electron chi connectivity index (χ1n) is 7.69. The number of hydrogen-bond acceptors (Lipinski definition) is 1. The summed E-state index contributed by atoms with van der Waals surface area (Å²) < 4.78 is 2.16. The van der Waals surface area contributed by atoms with Crippen molar-refractivity contribution < 1.29 is 4.57 Å². The smallest absolute Gasteiger partial charge is 0.233 e. The molecule has 1 aromatic heterocycles. The molecule has 22 heavy (non-hydrogen) atoms. The van der Waals surface area contributed by atoms with Gasteiger partial charge in [-0.3, -0.25) is 0 Å². The highest BCUT2D eigenvalue weighted by Crippen LogP contribution is 2.37. The number of nitrogens with zero attached hydrogens (tertiary/aromatic N) is 2. The Balaban J connectivity index is 1.98. The number of hydrogen-bond donors (Lipinski definition) is 0. The van der Waals surface area contributed by atoms with E-state index in [-0.39, 0.29) is 0 Å². The summed E-state index contributed by atoms with van der Waals surface area (Å²) in [5, 5.41) is 0. The standard InChI is InChI=1S/C20H19N2/c1-13-7-4-5-10-17(13)20-21-19-16(12-22(20)3)11-15-9-6-8-14(2)18(15)19/h4-10,12H,11H2,1-3H3/q+1. The molecule has 3 aromatic rings. The Kier molecular flexibility index (Phi) is 2.86. The summed E-state index contributed by atoms with van der Waals surface area (Å²) in [7, 11) is 2.09. The Morgan fingerprint density at radius 3 is 2.50 bits per heavy atom. The second kappa shape index (κ2) is 4.77. The largest absolute Gasteiger partial charge is 0.331 e. The molecule has 0 unspecified atom stereocenters. The zero-order chi connectivity index (χ0) is 15.3. The third kappa shape index (κ3) is 1.87. The minimum absolute atomic E-state index is 0.987. The Hall–Kier alpha value is -2.48. The van der Waals surface area contributed by atoms with E-state index in [1.54, 1.807) is 0 Å². The van der Waals surface area contributed by atoms with Crippen molar-refractivity contribution in [2.24, 2.45) is 7.05 Å². The molecule has 0 amide bonds. The van der Waals surface area contributed by atoms with Crippen LogP contribution in [0.5, 0.6) is 0 Å². The Morgan fingerprint density at radius 2 is 1.68 bits per heavy atom. The molecule has 0 saturated carbocycles. The maximum absolute atomic E-state index is 5.05. The summed E-state index contributed by atoms with van der Waals surface area (Å²) in [6.07, 6.45) is 3.23. The molecule has 1 aliphatic rings. The minimum Gasteiger partial charge on any atom is -0.233 e. The average Bonchev–Trinajstić information content (AvgIpc) is 2.85. The van der Waals surface area contributed by atoms with Gasteiger partial charge in [-0.15, -0.1) is 0 Å². The lowest BCUT2D eigenvalue weighted by atomic mass is 10.0. The van der Waals surface area contributed by atoms with Crippen molar-refractivity contribution in [1.29, 1.82) is 0 Å². The third-order valence-electron chi connectivity index (χ3n) is 4.57. The summed E-state index contributed by atoms with van der Waals surface area (Å²) >= 11 is 0. The molecule has 0 aliphatic heterocycles. The SMILES string of the molecule is Cc1ccccc1-c1nc2c(c[n+]1C)Cc1cccc(C)c1-2. The van der Waals surface area contributed by atoms with Gasteiger partial charge in [0.25, 0.3) is 0 Å². The molecule has 0 atom stereocenters. The number of aromatic nitrogens is 2. The van der Waals surface area contributed by atoms with Crippen LogP contribution >= 0.6 is 0 Å². The summed E-state index contributed by atoms with van der Waals surface area (Å²) in [5.74, 6) is 1.04. The monoisotopic (exact) mass is 287 g/mol. The van der Waals surface area contributed by atoms with Gasteiger partial charge in [0.1, 0.15) is 0 Å². The van der Waals surface area contributed by atoms with Crippen LogP contribution in [0, 0.1) is 13.8 Å². The van der Waals surface area contributed by atoms with Gasteiger partial charge < -0.3 is 0 Å². The average molecular weight is 287 g/mol. The zero-order valence-electron chi connectivity index (χ0n) is 13.2. The highest BCUT2D eigenvalue weighted by atomic mass is 15.0. The van der Waals surface area contributed by atoms with Crippen LogP contribution in [0.15, 0.2) is 48.7 Å². The highest BCUT2D eigenvalue weighted by Gasteiger charge is 2.29. The van der Waals surface area contributed by atoms with Gasteiger partial charge >= 0.3 is 5.82 Å². The van der Waals surface area contributed by atoms with E-state index in [4.69, 9.17) is 4.98 Å². The highest BCUT2D eigenvalue weighted by molar-refractivity contribution is 5.77. The van der Waals surface area contributed by atoms with E-state index in [2.05, 4.69) is 74.1 Å². The van der Waals surface area contributed by atoms with Gasteiger partial charge in [-0.1, -0.05) is 36.4 Å². The quantitative estimate of drug-likeness (QED) is 0.487. The molecule has 0 saturated heterocycles. The van der Waals surface area contributed by atoms with Crippen LogP contribution in [0.25, 0.3) is 22.6 Å². The topological polar surface area (TPSA) is 16.8 Å². The van der Waals surface area contributed by atoms with E-state index in [1.165, 1.54) is 33.4 Å². The first-order chi connectivity index (χ1) is 10.6. The third-order valence-corrected chi connectivity index (χ3v) is 4.57. The number of aryl methyl sites for hydroxylation is 3. The van der Waals surface area contributed by atoms with Gasteiger partial charge in [0.2, 0.25) is 0 Å². The molecule has 2 heteroatoms. The number of benzene rings is 2. The first-order valence-corrected chi connectivity index (χ1v) is 7.69. The summed E-state index contributed by atoms with van der Waals surface area (Å²) in [4.78, 5) is 5.05. The molecule has 0 radical (unpaired) electrons. The van der Waals surface area contributed by atoms with Crippen LogP contribution in [0.3, 0.4) is 0 Å². The molecule has 2 nitrogen and oxygen atoms in total. The molecule has 0 bridgehead atoms. The van der Waals surface area contributed by atoms with Gasteiger partial charge in [-0.05, 0) is 41.6 Å². The second-order valence-electron chi connectivity index (χ2n) is 6.15. The first kappa shape index (κ1) is 13.2. The van der Waals surface area contributed by atoms with Crippen LogP contribution < -0.4 is 4.57 Å². The molecule has 0 fully saturated rings. The van der Waals surface area contributed by atoms with Crippen molar-refractivity contribution in [2.45, 2.75) is 20.3 Å². The number of fused-ring (bicyclic) bond motifs is 3. The molecule has 4 rings (SSSR count). The van der Waals surface area contributed by atoms with Crippen LogP contribution in [0.4, 0.5) is 0 Å². The van der Waals surface area contributed by atoms with Crippen LogP contribution in [-0.2, 0) is 13.5 Å². The summed E-state index contributed by atoms with van der Waals surface area (Å²) in [5.41, 5.74) is 8.97. The fraction of sp³-hybridized carbons (Fsp3) is 0.200. The van der Waals surface area contributed by atoms with Gasteiger partial charge in [0, 0.05) is 17.5 Å². The fourth-order valence-corrected chi connectivity index (χ4v) is 3.45. The molecular weight excluding hydrogens is 268 g/mol. The van der Waals surface area contributed by atoms with Crippen molar-refractivity contribution in [3.8, 4) is 22.6 Å². The number of rotatable bonds is 1. The molecule has 2 aromatic carbocycles. The van der Waals surface area contributed by atoms with Crippen molar-refractivity contribution in [3.05, 3.63) is 70.9 Å². The van der Waals surface area contributed by atoms with E-state index in [9.17, 15) is 0 Å². The van der Waals surface area contributed by atoms with Crippen molar-refractivity contribution in [1.82, 2.24) is 4.98 Å². The van der Waals surface area contributed by atoms with Crippen LogP contribution in [0.1, 0.15) is 22.3 Å². The van der Waals surface area contributed by atoms with E-state index in [0.29, 0.717) is 0 Å². The van der Waals surface area contributed by atoms with Crippen molar-refractivity contribution in [3.63, 3.8) is 0 Å². The molecule has 1 heterocycles. The predicted molar refractivity (Wildman–Crippen MR) is 88.6 cm³/mol. The van der Waals surface area contributed by atoms with E-state index >= 15 is 0 Å². The summed E-state index contributed by atoms with van der Waals surface area (Å²) in [6, 6.07) is 15.0. The van der Waals surface area contributed by atoms with Gasteiger partial charge in [-0.2, -0.15) is 0 Å². The lowest BCUT2D eigenvalue weighted by molar-refractivity contribution is -0.663. The lowest BCUT2D eigenvalue weighted by Crippen LogP contribution is -2.33. The second-order valence-corrected chi connectivity index (χ2v) is 6.15. The van der Waals surface area contributed by atoms with Crippen molar-refractivity contribution >= 4 is 0 Å². The summed E-state index contributed by atoms with van der Waals surface area (Å²) in [6.45, 7) is 4.32. The van der Waals surface area contributed by atoms with E-state index < -0.39 is 0 Å². The van der Waals surface area contributed by atoms with Crippen molar-refractivity contribution in [2.75, 3.05) is 0 Å². The van der Waals surface area contributed by atoms with Crippen LogP contribution in [-0.4, -0.2) is 4.98 Å². The molecular formula is C20H19N2+. The van der Waals surface area contributed by atoms with Crippen LogP contribution in [0.2, 0.25) is 0 Å². The maximum atomic E-state index is 5.05. The zero-order valence-corrected chi connectivity index (χ0v) is 13.2. The Morgan fingerprint density at radius 1 is 0.909 bits per heavy atom. The lowest BCUT2D eigenvalue weighted by Gasteiger charge is -2.05. The molecule has 1 aliphatic carbocycles. The van der Waals surface area contributed by atoms with Gasteiger partial charge in [-0.25, -0.2) is 4.57 Å². The maximum Gasteiger partial charge on any atom is 0.331 e. The fourth-order valence-electron chi connectivity index (χ4n) is 3.45. The Labute approximate surface area is 131 Å². The molecule has 108 valence electrons. The predicted octanol–water partition coefficient (Wildman–Crippen LogP) is 3.76.